The van der Waals surface area contributed by atoms with Gasteiger partial charge in [-0.05, 0) is 73.0 Å². The molecule has 0 aromatic rings. The predicted octanol–water partition coefficient (Wildman–Crippen LogP) is 4.60. The average molecular weight is 220 g/mol. The summed E-state index contributed by atoms with van der Waals surface area (Å²) in [6.07, 6.45) is 6.43. The Morgan fingerprint density at radius 3 is 1.56 bits per heavy atom. The van der Waals surface area contributed by atoms with Crippen molar-refractivity contribution in [2.24, 2.45) is 47.3 Å². The molecule has 4 aliphatic rings. The van der Waals surface area contributed by atoms with Crippen LogP contribution < -0.4 is 0 Å². The van der Waals surface area contributed by atoms with Crippen molar-refractivity contribution < 1.29 is 0 Å². The zero-order valence-corrected chi connectivity index (χ0v) is 11.4. The summed E-state index contributed by atoms with van der Waals surface area (Å²) in [5.41, 5.74) is 0. The van der Waals surface area contributed by atoms with E-state index in [1.54, 1.807) is 25.7 Å². The number of fused-ring (bicyclic) bond motifs is 9. The van der Waals surface area contributed by atoms with E-state index in [1.807, 2.05) is 13.8 Å². The lowest BCUT2D eigenvalue weighted by Gasteiger charge is -2.41. The molecule has 92 valence electrons. The summed E-state index contributed by atoms with van der Waals surface area (Å²) < 4.78 is 0. The third kappa shape index (κ3) is 1.17. The first kappa shape index (κ1) is 11.1. The molecular weight excluding hydrogens is 192 g/mol. The van der Waals surface area contributed by atoms with Crippen LogP contribution in [0, 0.1) is 47.3 Å². The van der Waals surface area contributed by atoms with Gasteiger partial charge >= 0.3 is 0 Å². The van der Waals surface area contributed by atoms with Gasteiger partial charge in [0.1, 0.15) is 0 Å². The lowest BCUT2D eigenvalue weighted by molar-refractivity contribution is 0.0716. The first-order valence-electron chi connectivity index (χ1n) is 7.77. The SMILES string of the molecule is CC.CC1C(C)C2CC1C1C3CCC(C3)C21. The maximum Gasteiger partial charge on any atom is -0.0321 e. The molecule has 8 unspecified atom stereocenters. The minimum Gasteiger partial charge on any atom is -0.0683 e. The van der Waals surface area contributed by atoms with E-state index in [0.717, 1.165) is 23.7 Å². The van der Waals surface area contributed by atoms with Crippen LogP contribution in [0.25, 0.3) is 0 Å². The van der Waals surface area contributed by atoms with Crippen molar-refractivity contribution in [3.63, 3.8) is 0 Å². The van der Waals surface area contributed by atoms with Crippen LogP contribution in [-0.4, -0.2) is 0 Å². The van der Waals surface area contributed by atoms with Crippen LogP contribution in [0.2, 0.25) is 0 Å². The highest BCUT2D eigenvalue weighted by Gasteiger charge is 2.63. The second-order valence-corrected chi connectivity index (χ2v) is 6.77. The van der Waals surface area contributed by atoms with Gasteiger partial charge in [-0.1, -0.05) is 27.7 Å². The molecule has 4 bridgehead atoms. The van der Waals surface area contributed by atoms with Gasteiger partial charge in [-0.3, -0.25) is 0 Å². The van der Waals surface area contributed by atoms with E-state index in [0.29, 0.717) is 0 Å². The van der Waals surface area contributed by atoms with E-state index < -0.39 is 0 Å². The molecule has 0 N–H and O–H groups in total. The number of rotatable bonds is 0. The van der Waals surface area contributed by atoms with Crippen LogP contribution >= 0.6 is 0 Å². The third-order valence-corrected chi connectivity index (χ3v) is 6.76. The zero-order valence-electron chi connectivity index (χ0n) is 11.4. The fourth-order valence-corrected chi connectivity index (χ4v) is 6.19. The number of hydrogen-bond donors (Lipinski definition) is 0. The van der Waals surface area contributed by atoms with Crippen molar-refractivity contribution in [2.45, 2.75) is 53.4 Å². The summed E-state index contributed by atoms with van der Waals surface area (Å²) in [5.74, 6) is 9.16. The first-order chi connectivity index (χ1) is 7.77. The Morgan fingerprint density at radius 2 is 1.12 bits per heavy atom. The van der Waals surface area contributed by atoms with E-state index in [9.17, 15) is 0 Å². The Balaban J connectivity index is 0.000000386. The Kier molecular flexibility index (Phi) is 2.60. The summed E-state index contributed by atoms with van der Waals surface area (Å²) in [4.78, 5) is 0. The maximum atomic E-state index is 2.54. The molecule has 0 aromatic heterocycles. The molecule has 0 spiro atoms. The standard InChI is InChI=1S/C14H22.C2H6/c1-7-8(2)12-6-11(7)13-9-3-4-10(5-9)14(12)13;1-2/h7-14H,3-6H2,1-2H3;1-2H3. The van der Waals surface area contributed by atoms with Crippen molar-refractivity contribution in [2.75, 3.05) is 0 Å². The van der Waals surface area contributed by atoms with Gasteiger partial charge in [0.25, 0.3) is 0 Å². The molecule has 0 heteroatoms. The lowest BCUT2D eigenvalue weighted by Crippen LogP contribution is -2.35. The van der Waals surface area contributed by atoms with E-state index in [4.69, 9.17) is 0 Å². The molecule has 0 radical (unpaired) electrons. The molecule has 4 fully saturated rings. The molecule has 0 heterocycles. The molecular formula is C16H28. The predicted molar refractivity (Wildman–Crippen MR) is 69.1 cm³/mol. The number of hydrogen-bond acceptors (Lipinski definition) is 0. The summed E-state index contributed by atoms with van der Waals surface area (Å²) in [6, 6.07) is 0. The van der Waals surface area contributed by atoms with Crippen molar-refractivity contribution >= 4 is 0 Å². The van der Waals surface area contributed by atoms with Crippen LogP contribution in [0.1, 0.15) is 53.4 Å². The molecule has 0 aliphatic heterocycles. The minimum atomic E-state index is 1.06. The van der Waals surface area contributed by atoms with Gasteiger partial charge in [-0.25, -0.2) is 0 Å². The molecule has 4 saturated carbocycles. The van der Waals surface area contributed by atoms with E-state index in [-0.39, 0.29) is 0 Å². The van der Waals surface area contributed by atoms with Crippen LogP contribution in [0.15, 0.2) is 0 Å². The molecule has 0 aromatic carbocycles. The molecule has 0 amide bonds. The molecule has 8 atom stereocenters. The summed E-state index contributed by atoms with van der Waals surface area (Å²) in [7, 11) is 0. The Morgan fingerprint density at radius 1 is 0.688 bits per heavy atom. The van der Waals surface area contributed by atoms with Crippen LogP contribution in [0.4, 0.5) is 0 Å². The van der Waals surface area contributed by atoms with Gasteiger partial charge in [0.15, 0.2) is 0 Å². The Bertz CT molecular complexity index is 243. The quantitative estimate of drug-likeness (QED) is 0.523. The molecule has 16 heavy (non-hydrogen) atoms. The van der Waals surface area contributed by atoms with Gasteiger partial charge in [0, 0.05) is 0 Å². The van der Waals surface area contributed by atoms with Crippen LogP contribution in [0.5, 0.6) is 0 Å². The van der Waals surface area contributed by atoms with Crippen LogP contribution in [-0.2, 0) is 0 Å². The molecule has 4 rings (SSSR count). The third-order valence-electron chi connectivity index (χ3n) is 6.76. The topological polar surface area (TPSA) is 0 Å². The molecule has 0 nitrogen and oxygen atoms in total. The second kappa shape index (κ2) is 3.75. The first-order valence-corrected chi connectivity index (χ1v) is 7.77. The maximum absolute atomic E-state index is 2.54. The van der Waals surface area contributed by atoms with E-state index >= 15 is 0 Å². The smallest absolute Gasteiger partial charge is 0.0321 e. The fraction of sp³-hybridized carbons (Fsp3) is 1.00. The van der Waals surface area contributed by atoms with Crippen molar-refractivity contribution in [3.05, 3.63) is 0 Å². The van der Waals surface area contributed by atoms with Crippen molar-refractivity contribution in [3.8, 4) is 0 Å². The summed E-state index contributed by atoms with van der Waals surface area (Å²) >= 11 is 0. The summed E-state index contributed by atoms with van der Waals surface area (Å²) in [6.45, 7) is 9.08. The minimum absolute atomic E-state index is 1.06. The highest BCUT2D eigenvalue weighted by molar-refractivity contribution is 5.11. The van der Waals surface area contributed by atoms with Gasteiger partial charge in [-0.15, -0.1) is 0 Å². The van der Waals surface area contributed by atoms with Gasteiger partial charge in [-0.2, -0.15) is 0 Å². The Hall–Kier alpha value is 0. The lowest BCUT2D eigenvalue weighted by atomic mass is 9.64. The zero-order chi connectivity index (χ0) is 11.4. The summed E-state index contributed by atoms with van der Waals surface area (Å²) in [5, 5.41) is 0. The fourth-order valence-electron chi connectivity index (χ4n) is 6.19. The second-order valence-electron chi connectivity index (χ2n) is 6.77. The molecule has 4 aliphatic carbocycles. The van der Waals surface area contributed by atoms with Gasteiger partial charge in [0.2, 0.25) is 0 Å². The Labute approximate surface area is 101 Å². The van der Waals surface area contributed by atoms with Crippen molar-refractivity contribution in [1.82, 2.24) is 0 Å². The monoisotopic (exact) mass is 220 g/mol. The largest absolute Gasteiger partial charge is 0.0683 e. The molecule has 0 saturated heterocycles. The normalized spacial score (nSPS) is 60.8. The van der Waals surface area contributed by atoms with Gasteiger partial charge < -0.3 is 0 Å². The highest BCUT2D eigenvalue weighted by Crippen LogP contribution is 2.70. The average Bonchev–Trinajstić information content (AvgIpc) is 3.03. The van der Waals surface area contributed by atoms with Gasteiger partial charge in [0.05, 0.1) is 0 Å². The van der Waals surface area contributed by atoms with E-state index in [1.165, 1.54) is 23.7 Å². The van der Waals surface area contributed by atoms with Crippen LogP contribution in [0.3, 0.4) is 0 Å². The van der Waals surface area contributed by atoms with E-state index in [2.05, 4.69) is 13.8 Å². The highest BCUT2D eigenvalue weighted by atomic mass is 14.7. The van der Waals surface area contributed by atoms with Crippen molar-refractivity contribution in [1.29, 1.82) is 0 Å².